The molecule has 0 aliphatic carbocycles. The number of rotatable bonds is 5. The van der Waals surface area contributed by atoms with Crippen LogP contribution in [0.1, 0.15) is 41.5 Å². The van der Waals surface area contributed by atoms with Gasteiger partial charge in [-0.2, -0.15) is 0 Å². The smallest absolute Gasteiger partial charge is 0.0200 e. The molecule has 0 amide bonds. The maximum absolute atomic E-state index is 4.12. The zero-order chi connectivity index (χ0) is 13.0. The third kappa shape index (κ3) is 10.2. The lowest BCUT2D eigenvalue weighted by Crippen LogP contribution is -2.39. The Morgan fingerprint density at radius 2 is 1.62 bits per heavy atom. The van der Waals surface area contributed by atoms with Crippen molar-refractivity contribution in [2.45, 2.75) is 47.1 Å². The molecule has 0 saturated carbocycles. The molecule has 0 saturated heterocycles. The Labute approximate surface area is 102 Å². The van der Waals surface area contributed by atoms with Crippen LogP contribution in [0, 0.1) is 5.41 Å². The van der Waals surface area contributed by atoms with Crippen LogP contribution in [0.2, 0.25) is 0 Å². The van der Waals surface area contributed by atoms with Crippen LogP contribution in [0.5, 0.6) is 0 Å². The lowest BCUT2D eigenvalue weighted by atomic mass is 9.96. The lowest BCUT2D eigenvalue weighted by molar-refractivity contribution is 0.239. The fourth-order valence-electron chi connectivity index (χ4n) is 1.69. The quantitative estimate of drug-likeness (QED) is 0.725. The fourth-order valence-corrected chi connectivity index (χ4v) is 1.69. The van der Waals surface area contributed by atoms with Gasteiger partial charge in [0.2, 0.25) is 0 Å². The lowest BCUT2D eigenvalue weighted by Gasteiger charge is -2.28. The van der Waals surface area contributed by atoms with E-state index in [1.165, 1.54) is 5.57 Å². The summed E-state index contributed by atoms with van der Waals surface area (Å²) in [4.78, 5) is 2.34. The van der Waals surface area contributed by atoms with Crippen LogP contribution >= 0.6 is 0 Å². The van der Waals surface area contributed by atoms with Gasteiger partial charge < -0.3 is 10.2 Å². The molecule has 2 heteroatoms. The minimum absolute atomic E-state index is 0.172. The molecule has 0 fully saturated rings. The molecular formula is C14H30N2. The van der Waals surface area contributed by atoms with Crippen molar-refractivity contribution in [2.75, 3.05) is 26.7 Å². The molecule has 0 atom stereocenters. The molecule has 1 N–H and O–H groups in total. The number of nitrogens with one attached hydrogen (secondary N) is 1. The van der Waals surface area contributed by atoms with E-state index in [-0.39, 0.29) is 5.54 Å². The van der Waals surface area contributed by atoms with E-state index < -0.39 is 0 Å². The van der Waals surface area contributed by atoms with E-state index in [1.807, 2.05) is 0 Å². The molecule has 0 unspecified atom stereocenters. The largest absolute Gasteiger partial charge is 0.308 e. The normalized spacial score (nSPS) is 13.2. The zero-order valence-electron chi connectivity index (χ0n) is 12.3. The number of nitrogens with zero attached hydrogens (tertiary/aromatic N) is 1. The van der Waals surface area contributed by atoms with Crippen LogP contribution in [-0.2, 0) is 0 Å². The zero-order valence-corrected chi connectivity index (χ0v) is 12.3. The van der Waals surface area contributed by atoms with Gasteiger partial charge in [-0.1, -0.05) is 27.4 Å². The van der Waals surface area contributed by atoms with Gasteiger partial charge in [-0.05, 0) is 38.8 Å². The van der Waals surface area contributed by atoms with Crippen molar-refractivity contribution in [3.63, 3.8) is 0 Å². The van der Waals surface area contributed by atoms with Gasteiger partial charge >= 0.3 is 0 Å². The SMILES string of the molecule is C=C(CNC(C)(C)C)CN(C)CC(C)(C)C. The summed E-state index contributed by atoms with van der Waals surface area (Å²) in [5.74, 6) is 0. The second kappa shape index (κ2) is 5.83. The van der Waals surface area contributed by atoms with Gasteiger partial charge in [0.1, 0.15) is 0 Å². The van der Waals surface area contributed by atoms with Crippen LogP contribution in [-0.4, -0.2) is 37.1 Å². The summed E-state index contributed by atoms with van der Waals surface area (Å²) in [6.07, 6.45) is 0. The van der Waals surface area contributed by atoms with Crippen molar-refractivity contribution in [3.8, 4) is 0 Å². The molecule has 96 valence electrons. The molecular weight excluding hydrogens is 196 g/mol. The highest BCUT2D eigenvalue weighted by atomic mass is 15.1. The van der Waals surface area contributed by atoms with Crippen LogP contribution < -0.4 is 5.32 Å². The highest BCUT2D eigenvalue weighted by Gasteiger charge is 2.14. The fraction of sp³-hybridized carbons (Fsp3) is 0.857. The molecule has 2 nitrogen and oxygen atoms in total. The molecule has 0 aromatic carbocycles. The van der Waals surface area contributed by atoms with Gasteiger partial charge in [-0.25, -0.2) is 0 Å². The van der Waals surface area contributed by atoms with Crippen molar-refractivity contribution in [2.24, 2.45) is 5.41 Å². The Hall–Kier alpha value is -0.340. The monoisotopic (exact) mass is 226 g/mol. The standard InChI is InChI=1S/C14H30N2/c1-12(9-15-14(5,6)7)10-16(8)11-13(2,3)4/h15H,1,9-11H2,2-8H3. The van der Waals surface area contributed by atoms with Crippen LogP contribution in [0.25, 0.3) is 0 Å². The Morgan fingerprint density at radius 3 is 2.00 bits per heavy atom. The molecule has 0 aliphatic rings. The van der Waals surface area contributed by atoms with Crippen molar-refractivity contribution in [1.82, 2.24) is 10.2 Å². The minimum Gasteiger partial charge on any atom is -0.308 e. The minimum atomic E-state index is 0.172. The summed E-state index contributed by atoms with van der Waals surface area (Å²) in [5.41, 5.74) is 1.78. The first-order valence-corrected chi connectivity index (χ1v) is 6.10. The molecule has 16 heavy (non-hydrogen) atoms. The Bertz CT molecular complexity index is 218. The first-order chi connectivity index (χ1) is 6.99. The molecule has 0 aliphatic heterocycles. The van der Waals surface area contributed by atoms with Gasteiger partial charge in [0.25, 0.3) is 0 Å². The second-order valence-corrected chi connectivity index (χ2v) is 7.09. The van der Waals surface area contributed by atoms with Crippen molar-refractivity contribution < 1.29 is 0 Å². The van der Waals surface area contributed by atoms with Crippen LogP contribution in [0.4, 0.5) is 0 Å². The molecule has 0 spiro atoms. The Balaban J connectivity index is 3.88. The summed E-state index contributed by atoms with van der Waals surface area (Å²) in [7, 11) is 2.16. The highest BCUT2D eigenvalue weighted by Crippen LogP contribution is 2.14. The average Bonchev–Trinajstić information content (AvgIpc) is 1.95. The van der Waals surface area contributed by atoms with Gasteiger partial charge in [0.15, 0.2) is 0 Å². The van der Waals surface area contributed by atoms with Gasteiger partial charge in [0.05, 0.1) is 0 Å². The van der Waals surface area contributed by atoms with E-state index in [9.17, 15) is 0 Å². The topological polar surface area (TPSA) is 15.3 Å². The second-order valence-electron chi connectivity index (χ2n) is 7.09. The molecule has 0 rings (SSSR count). The van der Waals surface area contributed by atoms with E-state index in [0.717, 1.165) is 19.6 Å². The van der Waals surface area contributed by atoms with E-state index >= 15 is 0 Å². The summed E-state index contributed by atoms with van der Waals surface area (Å²) in [6, 6.07) is 0. The van der Waals surface area contributed by atoms with Gasteiger partial charge in [-0.15, -0.1) is 0 Å². The first-order valence-electron chi connectivity index (χ1n) is 6.10. The molecule has 0 radical (unpaired) electrons. The van der Waals surface area contributed by atoms with Crippen molar-refractivity contribution in [3.05, 3.63) is 12.2 Å². The Morgan fingerprint density at radius 1 is 1.12 bits per heavy atom. The number of hydrogen-bond acceptors (Lipinski definition) is 2. The summed E-state index contributed by atoms with van der Waals surface area (Å²) in [6.45, 7) is 20.4. The molecule has 0 aromatic heterocycles. The van der Waals surface area contributed by atoms with Gasteiger partial charge in [0, 0.05) is 25.2 Å². The summed E-state index contributed by atoms with van der Waals surface area (Å²) >= 11 is 0. The third-order valence-corrected chi connectivity index (χ3v) is 2.11. The van der Waals surface area contributed by atoms with E-state index in [1.54, 1.807) is 0 Å². The number of hydrogen-bond donors (Lipinski definition) is 1. The van der Waals surface area contributed by atoms with E-state index in [0.29, 0.717) is 5.41 Å². The highest BCUT2D eigenvalue weighted by molar-refractivity contribution is 5.01. The predicted octanol–water partition coefficient (Wildman–Crippen LogP) is 2.91. The third-order valence-electron chi connectivity index (χ3n) is 2.11. The molecule has 0 bridgehead atoms. The van der Waals surface area contributed by atoms with E-state index in [4.69, 9.17) is 0 Å². The first kappa shape index (κ1) is 15.7. The maximum Gasteiger partial charge on any atom is 0.0200 e. The number of likely N-dealkylation sites (N-methyl/N-ethyl adjacent to an activating group) is 1. The molecule has 0 aromatic rings. The van der Waals surface area contributed by atoms with Crippen LogP contribution in [0.15, 0.2) is 12.2 Å². The summed E-state index contributed by atoms with van der Waals surface area (Å²) in [5, 5.41) is 3.46. The Kier molecular flexibility index (Phi) is 5.71. The predicted molar refractivity (Wildman–Crippen MR) is 73.8 cm³/mol. The molecule has 0 heterocycles. The van der Waals surface area contributed by atoms with Crippen molar-refractivity contribution in [1.29, 1.82) is 0 Å². The van der Waals surface area contributed by atoms with Crippen LogP contribution in [0.3, 0.4) is 0 Å². The summed E-state index contributed by atoms with van der Waals surface area (Å²) < 4.78 is 0. The maximum atomic E-state index is 4.12. The van der Waals surface area contributed by atoms with Crippen molar-refractivity contribution >= 4 is 0 Å². The van der Waals surface area contributed by atoms with Gasteiger partial charge in [-0.3, -0.25) is 0 Å². The van der Waals surface area contributed by atoms with E-state index in [2.05, 4.69) is 65.4 Å². The average molecular weight is 226 g/mol.